The van der Waals surface area contributed by atoms with Crippen LogP contribution in [0.2, 0.25) is 0 Å². The smallest absolute Gasteiger partial charge is 0.269 e. The number of carbonyl (C=O) groups is 4. The molecule has 10 nitrogen and oxygen atoms in total. The van der Waals surface area contributed by atoms with Gasteiger partial charge < -0.3 is 5.11 Å². The summed E-state index contributed by atoms with van der Waals surface area (Å²) in [5.74, 6) is -7.11. The Balaban J connectivity index is 1.31. The molecule has 4 aromatic rings. The molecule has 2 aliphatic heterocycles. The molecular formula is C36H24Cl2FN3O7. The number of nitro benzene ring substituents is 1. The van der Waals surface area contributed by atoms with Crippen LogP contribution in [0, 0.1) is 33.7 Å². The normalized spacial score (nSPS) is 29.2. The molecule has 4 amide bonds. The standard InChI is InChI=1S/C36H24Cl2FN3O7/c37-35-17-27-25(13-14-26-29(27)32(45)40(31(26)44)19-9-11-21(12-10-19)42(48)49)30(24-15-16-28(43)23-4-2-1-3-22(23)24)36(35,38)34(47)41(33(35)46)20-7-5-18(39)6-8-20/h1-13,15-16,26-27,29-30,43H,14,17H2/t26-,27+,29-,30-,35+,36-/m0/s1. The second-order valence-corrected chi connectivity index (χ2v) is 14.0. The highest BCUT2D eigenvalue weighted by atomic mass is 35.5. The Labute approximate surface area is 287 Å². The lowest BCUT2D eigenvalue weighted by Gasteiger charge is -2.51. The van der Waals surface area contributed by atoms with Gasteiger partial charge in [-0.15, -0.1) is 23.2 Å². The van der Waals surface area contributed by atoms with Crippen molar-refractivity contribution in [1.29, 1.82) is 0 Å². The average molecular weight is 701 g/mol. The maximum Gasteiger partial charge on any atom is 0.269 e. The van der Waals surface area contributed by atoms with Crippen LogP contribution in [0.25, 0.3) is 10.8 Å². The van der Waals surface area contributed by atoms with E-state index in [1.54, 1.807) is 36.4 Å². The van der Waals surface area contributed by atoms with Gasteiger partial charge in [-0.3, -0.25) is 34.2 Å². The van der Waals surface area contributed by atoms with Gasteiger partial charge in [-0.25, -0.2) is 9.29 Å². The fourth-order valence-electron chi connectivity index (χ4n) is 8.28. The second-order valence-electron chi connectivity index (χ2n) is 12.8. The summed E-state index contributed by atoms with van der Waals surface area (Å²) in [6.45, 7) is 0. The van der Waals surface area contributed by atoms with Crippen LogP contribution in [-0.4, -0.2) is 43.4 Å². The van der Waals surface area contributed by atoms with Gasteiger partial charge in [0, 0.05) is 23.4 Å². The minimum Gasteiger partial charge on any atom is -0.507 e. The molecule has 49 heavy (non-hydrogen) atoms. The lowest BCUT2D eigenvalue weighted by atomic mass is 9.56. The van der Waals surface area contributed by atoms with E-state index in [1.807, 2.05) is 0 Å². The van der Waals surface area contributed by atoms with E-state index in [4.69, 9.17) is 23.2 Å². The Morgan fingerprint density at radius 1 is 0.796 bits per heavy atom. The van der Waals surface area contributed by atoms with Crippen molar-refractivity contribution in [3.8, 4) is 5.75 Å². The molecule has 8 rings (SSSR count). The largest absolute Gasteiger partial charge is 0.507 e. The van der Waals surface area contributed by atoms with E-state index in [2.05, 4.69) is 0 Å². The number of nitro groups is 1. The molecule has 13 heteroatoms. The molecule has 2 heterocycles. The van der Waals surface area contributed by atoms with Gasteiger partial charge in [0.2, 0.25) is 11.8 Å². The molecule has 3 fully saturated rings. The number of hydrogen-bond donors (Lipinski definition) is 1. The second kappa shape index (κ2) is 10.7. The van der Waals surface area contributed by atoms with Crippen molar-refractivity contribution in [2.75, 3.05) is 9.80 Å². The first-order chi connectivity index (χ1) is 23.4. The number of anilines is 2. The van der Waals surface area contributed by atoms with Crippen LogP contribution < -0.4 is 9.80 Å². The first-order valence-electron chi connectivity index (χ1n) is 15.4. The third kappa shape index (κ3) is 4.12. The monoisotopic (exact) mass is 699 g/mol. The van der Waals surface area contributed by atoms with Crippen LogP contribution >= 0.6 is 23.2 Å². The average Bonchev–Trinajstić information content (AvgIpc) is 3.43. The molecule has 2 saturated heterocycles. The van der Waals surface area contributed by atoms with E-state index in [0.717, 1.165) is 21.9 Å². The van der Waals surface area contributed by atoms with Crippen LogP contribution in [0.1, 0.15) is 24.3 Å². The van der Waals surface area contributed by atoms with E-state index >= 15 is 0 Å². The summed E-state index contributed by atoms with van der Waals surface area (Å²) in [4.78, 5) is 65.5. The van der Waals surface area contributed by atoms with Crippen molar-refractivity contribution in [3.05, 3.63) is 118 Å². The number of halogens is 3. The number of phenolic OH excluding ortho intramolecular Hbond substituents is 1. The summed E-state index contributed by atoms with van der Waals surface area (Å²) in [6, 6.07) is 19.8. The highest BCUT2D eigenvalue weighted by Crippen LogP contribution is 2.66. The zero-order chi connectivity index (χ0) is 34.6. The molecule has 0 aromatic heterocycles. The number of benzene rings is 4. The van der Waals surface area contributed by atoms with Gasteiger partial charge in [0.1, 0.15) is 11.6 Å². The lowest BCUT2D eigenvalue weighted by Crippen LogP contribution is -2.60. The summed E-state index contributed by atoms with van der Waals surface area (Å²) < 4.78 is 13.9. The Hall–Kier alpha value is -5.13. The van der Waals surface area contributed by atoms with Crippen molar-refractivity contribution >= 4 is 74.7 Å². The highest BCUT2D eigenvalue weighted by molar-refractivity contribution is 6.58. The number of amides is 4. The van der Waals surface area contributed by atoms with E-state index in [0.29, 0.717) is 21.9 Å². The lowest BCUT2D eigenvalue weighted by molar-refractivity contribution is -0.384. The molecule has 2 aliphatic carbocycles. The summed E-state index contributed by atoms with van der Waals surface area (Å²) in [5.41, 5.74) is 1.05. The predicted molar refractivity (Wildman–Crippen MR) is 178 cm³/mol. The number of fused-ring (bicyclic) bond motifs is 5. The third-order valence-electron chi connectivity index (χ3n) is 10.5. The first kappa shape index (κ1) is 31.2. The van der Waals surface area contributed by atoms with E-state index in [1.165, 1.54) is 42.5 Å². The number of aromatic hydroxyl groups is 1. The number of imide groups is 2. The number of carbonyl (C=O) groups excluding carboxylic acids is 4. The molecule has 0 bridgehead atoms. The quantitative estimate of drug-likeness (QED) is 0.0860. The van der Waals surface area contributed by atoms with Crippen molar-refractivity contribution in [2.45, 2.75) is 28.5 Å². The van der Waals surface area contributed by atoms with Crippen LogP contribution in [0.15, 0.2) is 96.6 Å². The summed E-state index contributed by atoms with van der Waals surface area (Å²) >= 11 is 14.9. The Bertz CT molecular complexity index is 2190. The highest BCUT2D eigenvalue weighted by Gasteiger charge is 2.76. The number of alkyl halides is 2. The zero-order valence-electron chi connectivity index (χ0n) is 25.3. The SMILES string of the molecule is O=C1[C@H]2[C@H](CC=C3[C@H]2C[C@@]2(Cl)C(=O)N(c4ccc(F)cc4)C(=O)[C@@]2(Cl)[C@H]3c2ccc(O)c3ccccc23)C(=O)N1c1ccc([N+](=O)[O-])cc1. The maximum absolute atomic E-state index is 14.6. The minimum atomic E-state index is -2.14. The van der Waals surface area contributed by atoms with Crippen LogP contribution in [0.5, 0.6) is 5.75 Å². The maximum atomic E-state index is 14.6. The van der Waals surface area contributed by atoms with Gasteiger partial charge in [-0.2, -0.15) is 0 Å². The van der Waals surface area contributed by atoms with Gasteiger partial charge in [0.05, 0.1) is 28.1 Å². The molecule has 0 radical (unpaired) electrons. The Morgan fingerprint density at radius 2 is 1.43 bits per heavy atom. The molecule has 246 valence electrons. The van der Waals surface area contributed by atoms with Crippen molar-refractivity contribution < 1.29 is 33.6 Å². The van der Waals surface area contributed by atoms with Gasteiger partial charge >= 0.3 is 0 Å². The number of rotatable bonds is 4. The van der Waals surface area contributed by atoms with Crippen LogP contribution in [0.4, 0.5) is 21.5 Å². The van der Waals surface area contributed by atoms with Crippen molar-refractivity contribution in [1.82, 2.24) is 0 Å². The number of non-ortho nitro benzene ring substituents is 1. The molecule has 4 aromatic carbocycles. The summed E-state index contributed by atoms with van der Waals surface area (Å²) in [7, 11) is 0. The van der Waals surface area contributed by atoms with Crippen LogP contribution in [-0.2, 0) is 19.2 Å². The van der Waals surface area contributed by atoms with E-state index in [9.17, 15) is 38.8 Å². The number of hydrogen-bond acceptors (Lipinski definition) is 7. The summed E-state index contributed by atoms with van der Waals surface area (Å²) in [6.07, 6.45) is 1.64. The molecule has 6 atom stereocenters. The van der Waals surface area contributed by atoms with Gasteiger partial charge in [0.15, 0.2) is 9.75 Å². The Morgan fingerprint density at radius 3 is 2.10 bits per heavy atom. The molecule has 0 unspecified atom stereocenters. The molecule has 4 aliphatic rings. The topological polar surface area (TPSA) is 138 Å². The fraction of sp³-hybridized carbons (Fsp3) is 0.222. The molecular weight excluding hydrogens is 676 g/mol. The van der Waals surface area contributed by atoms with Gasteiger partial charge in [-0.05, 0) is 72.2 Å². The van der Waals surface area contributed by atoms with Crippen LogP contribution in [0.3, 0.4) is 0 Å². The number of phenols is 1. The first-order valence-corrected chi connectivity index (χ1v) is 16.2. The van der Waals surface area contributed by atoms with Crippen molar-refractivity contribution in [2.24, 2.45) is 17.8 Å². The van der Waals surface area contributed by atoms with Gasteiger partial charge in [-0.1, -0.05) is 42.0 Å². The van der Waals surface area contributed by atoms with Crippen molar-refractivity contribution in [3.63, 3.8) is 0 Å². The predicted octanol–water partition coefficient (Wildman–Crippen LogP) is 6.36. The number of allylic oxidation sites excluding steroid dienone is 2. The minimum absolute atomic E-state index is 0.0257. The molecule has 1 N–H and O–H groups in total. The molecule has 0 spiro atoms. The van der Waals surface area contributed by atoms with Gasteiger partial charge in [0.25, 0.3) is 17.5 Å². The molecule has 1 saturated carbocycles. The van der Waals surface area contributed by atoms with E-state index < -0.39 is 67.8 Å². The number of nitrogens with zero attached hydrogens (tertiary/aromatic N) is 3. The fourth-order valence-corrected chi connectivity index (χ4v) is 9.21. The Kier molecular flexibility index (Phi) is 6.79. The van der Waals surface area contributed by atoms with E-state index in [-0.39, 0.29) is 35.7 Å². The summed E-state index contributed by atoms with van der Waals surface area (Å²) in [5, 5.41) is 23.0. The zero-order valence-corrected chi connectivity index (χ0v) is 26.8. The third-order valence-corrected chi connectivity index (χ3v) is 11.9.